The topological polar surface area (TPSA) is 29.1 Å². The first-order chi connectivity index (χ1) is 10.1. The Morgan fingerprint density at radius 3 is 2.67 bits per heavy atom. The van der Waals surface area contributed by atoms with Gasteiger partial charge in [-0.05, 0) is 49.1 Å². The SMILES string of the molecule is Cc1ccccc1C(C)NC(=O)CCc1cccc(F)c1. The molecule has 2 aromatic carbocycles. The molecule has 0 radical (unpaired) electrons. The van der Waals surface area contributed by atoms with Gasteiger partial charge in [0.05, 0.1) is 6.04 Å². The molecule has 0 fully saturated rings. The first-order valence-corrected chi connectivity index (χ1v) is 7.15. The summed E-state index contributed by atoms with van der Waals surface area (Å²) in [5.41, 5.74) is 3.13. The van der Waals surface area contributed by atoms with Crippen molar-refractivity contribution in [1.29, 1.82) is 0 Å². The zero-order chi connectivity index (χ0) is 15.2. The van der Waals surface area contributed by atoms with Crippen LogP contribution in [0.3, 0.4) is 0 Å². The summed E-state index contributed by atoms with van der Waals surface area (Å²) in [6, 6.07) is 14.4. The first-order valence-electron chi connectivity index (χ1n) is 7.15. The van der Waals surface area contributed by atoms with E-state index in [0.29, 0.717) is 12.8 Å². The molecule has 0 aliphatic carbocycles. The van der Waals surface area contributed by atoms with Crippen molar-refractivity contribution in [2.75, 3.05) is 0 Å². The third kappa shape index (κ3) is 4.42. The van der Waals surface area contributed by atoms with Crippen molar-refractivity contribution in [2.45, 2.75) is 32.7 Å². The molecule has 0 aromatic heterocycles. The Morgan fingerprint density at radius 2 is 1.95 bits per heavy atom. The standard InChI is InChI=1S/C18H20FNO/c1-13-6-3-4-9-17(13)14(2)20-18(21)11-10-15-7-5-8-16(19)12-15/h3-9,12,14H,10-11H2,1-2H3,(H,20,21). The fourth-order valence-corrected chi connectivity index (χ4v) is 2.41. The van der Waals surface area contributed by atoms with Crippen molar-refractivity contribution in [2.24, 2.45) is 0 Å². The predicted octanol–water partition coefficient (Wildman–Crippen LogP) is 3.94. The zero-order valence-electron chi connectivity index (χ0n) is 12.4. The van der Waals surface area contributed by atoms with Crippen LogP contribution in [0.5, 0.6) is 0 Å². The number of amides is 1. The van der Waals surface area contributed by atoms with Gasteiger partial charge in [-0.1, -0.05) is 36.4 Å². The molecule has 1 unspecified atom stereocenters. The summed E-state index contributed by atoms with van der Waals surface area (Å²) in [6.45, 7) is 4.01. The summed E-state index contributed by atoms with van der Waals surface area (Å²) in [7, 11) is 0. The fourth-order valence-electron chi connectivity index (χ4n) is 2.41. The summed E-state index contributed by atoms with van der Waals surface area (Å²) in [6.07, 6.45) is 0.907. The third-order valence-corrected chi connectivity index (χ3v) is 3.56. The van der Waals surface area contributed by atoms with Crippen LogP contribution in [0.25, 0.3) is 0 Å². The van der Waals surface area contributed by atoms with Crippen molar-refractivity contribution in [3.63, 3.8) is 0 Å². The third-order valence-electron chi connectivity index (χ3n) is 3.56. The Kier molecular flexibility index (Phi) is 5.09. The van der Waals surface area contributed by atoms with Crippen LogP contribution in [-0.2, 0) is 11.2 Å². The molecular formula is C18H20FNO. The number of rotatable bonds is 5. The lowest BCUT2D eigenvalue weighted by Gasteiger charge is -2.16. The molecule has 1 N–H and O–H groups in total. The van der Waals surface area contributed by atoms with Gasteiger partial charge in [-0.25, -0.2) is 4.39 Å². The molecule has 0 aliphatic rings. The normalized spacial score (nSPS) is 12.0. The van der Waals surface area contributed by atoms with Gasteiger partial charge in [0.15, 0.2) is 0 Å². The molecule has 21 heavy (non-hydrogen) atoms. The van der Waals surface area contributed by atoms with Crippen molar-refractivity contribution < 1.29 is 9.18 Å². The Morgan fingerprint density at radius 1 is 1.19 bits per heavy atom. The van der Waals surface area contributed by atoms with Gasteiger partial charge in [-0.2, -0.15) is 0 Å². The lowest BCUT2D eigenvalue weighted by atomic mass is 10.0. The molecule has 0 saturated heterocycles. The van der Waals surface area contributed by atoms with Crippen LogP contribution < -0.4 is 5.32 Å². The number of benzene rings is 2. The lowest BCUT2D eigenvalue weighted by molar-refractivity contribution is -0.121. The van der Waals surface area contributed by atoms with Crippen molar-refractivity contribution in [3.8, 4) is 0 Å². The highest BCUT2D eigenvalue weighted by atomic mass is 19.1. The molecule has 0 bridgehead atoms. The number of carbonyl (C=O) groups is 1. The van der Waals surface area contributed by atoms with Gasteiger partial charge >= 0.3 is 0 Å². The molecule has 1 atom stereocenters. The molecule has 0 spiro atoms. The van der Waals surface area contributed by atoms with Crippen molar-refractivity contribution >= 4 is 5.91 Å². The number of aryl methyl sites for hydroxylation is 2. The van der Waals surface area contributed by atoms with E-state index in [1.165, 1.54) is 12.1 Å². The molecule has 0 heterocycles. The van der Waals surface area contributed by atoms with E-state index in [2.05, 4.69) is 5.32 Å². The first kappa shape index (κ1) is 15.2. The minimum absolute atomic E-state index is 0.0185. The number of carbonyl (C=O) groups excluding carboxylic acids is 1. The molecule has 0 saturated carbocycles. The van der Waals surface area contributed by atoms with E-state index in [0.717, 1.165) is 16.7 Å². The monoisotopic (exact) mass is 285 g/mol. The van der Waals surface area contributed by atoms with E-state index in [1.807, 2.05) is 44.2 Å². The smallest absolute Gasteiger partial charge is 0.220 e. The molecule has 2 nitrogen and oxygen atoms in total. The highest BCUT2D eigenvalue weighted by molar-refractivity contribution is 5.76. The quantitative estimate of drug-likeness (QED) is 0.885. The van der Waals surface area contributed by atoms with Crippen molar-refractivity contribution in [1.82, 2.24) is 5.32 Å². The summed E-state index contributed by atoms with van der Waals surface area (Å²) in [5.74, 6) is -0.281. The molecule has 3 heteroatoms. The molecule has 2 rings (SSSR count). The van der Waals surface area contributed by atoms with Gasteiger partial charge in [0.1, 0.15) is 5.82 Å². The Hall–Kier alpha value is -2.16. The minimum Gasteiger partial charge on any atom is -0.350 e. The maximum Gasteiger partial charge on any atom is 0.220 e. The van der Waals surface area contributed by atoms with Crippen molar-refractivity contribution in [3.05, 3.63) is 71.0 Å². The zero-order valence-corrected chi connectivity index (χ0v) is 12.4. The van der Waals surface area contributed by atoms with E-state index >= 15 is 0 Å². The van der Waals surface area contributed by atoms with Crippen LogP contribution in [-0.4, -0.2) is 5.91 Å². The van der Waals surface area contributed by atoms with Crippen LogP contribution in [0, 0.1) is 12.7 Å². The van der Waals surface area contributed by atoms with Gasteiger partial charge in [0.2, 0.25) is 5.91 Å². The predicted molar refractivity (Wildman–Crippen MR) is 82.5 cm³/mol. The van der Waals surface area contributed by atoms with Gasteiger partial charge in [0.25, 0.3) is 0 Å². The summed E-state index contributed by atoms with van der Waals surface area (Å²) >= 11 is 0. The van der Waals surface area contributed by atoms with E-state index in [1.54, 1.807) is 6.07 Å². The molecule has 1 amide bonds. The maximum atomic E-state index is 13.1. The maximum absolute atomic E-state index is 13.1. The van der Waals surface area contributed by atoms with Gasteiger partial charge in [-0.3, -0.25) is 4.79 Å². The molecular weight excluding hydrogens is 265 g/mol. The van der Waals surface area contributed by atoms with Gasteiger partial charge < -0.3 is 5.32 Å². The lowest BCUT2D eigenvalue weighted by Crippen LogP contribution is -2.27. The van der Waals surface area contributed by atoms with Crippen LogP contribution in [0.2, 0.25) is 0 Å². The largest absolute Gasteiger partial charge is 0.350 e. The highest BCUT2D eigenvalue weighted by Gasteiger charge is 2.11. The number of halogens is 1. The summed E-state index contributed by atoms with van der Waals surface area (Å²) < 4.78 is 13.1. The van der Waals surface area contributed by atoms with Crippen LogP contribution in [0.1, 0.15) is 36.1 Å². The van der Waals surface area contributed by atoms with E-state index < -0.39 is 0 Å². The van der Waals surface area contributed by atoms with Gasteiger partial charge in [-0.15, -0.1) is 0 Å². The van der Waals surface area contributed by atoms with E-state index in [4.69, 9.17) is 0 Å². The second-order valence-corrected chi connectivity index (χ2v) is 5.28. The Balaban J connectivity index is 1.89. The number of nitrogens with one attached hydrogen (secondary N) is 1. The molecule has 0 aliphatic heterocycles. The molecule has 110 valence electrons. The second-order valence-electron chi connectivity index (χ2n) is 5.28. The fraction of sp³-hybridized carbons (Fsp3) is 0.278. The average molecular weight is 285 g/mol. The van der Waals surface area contributed by atoms with Gasteiger partial charge in [0, 0.05) is 6.42 Å². The minimum atomic E-state index is -0.263. The second kappa shape index (κ2) is 7.02. The Labute approximate surface area is 125 Å². The van der Waals surface area contributed by atoms with E-state index in [-0.39, 0.29) is 17.8 Å². The van der Waals surface area contributed by atoms with E-state index in [9.17, 15) is 9.18 Å². The van der Waals surface area contributed by atoms with Crippen LogP contribution in [0.4, 0.5) is 4.39 Å². The highest BCUT2D eigenvalue weighted by Crippen LogP contribution is 2.17. The Bertz CT molecular complexity index is 624. The summed E-state index contributed by atoms with van der Waals surface area (Å²) in [5, 5.41) is 2.99. The summed E-state index contributed by atoms with van der Waals surface area (Å²) in [4.78, 5) is 12.0. The number of hydrogen-bond acceptors (Lipinski definition) is 1. The van der Waals surface area contributed by atoms with Crippen LogP contribution in [0.15, 0.2) is 48.5 Å². The van der Waals surface area contributed by atoms with Crippen LogP contribution >= 0.6 is 0 Å². The average Bonchev–Trinajstić information content (AvgIpc) is 2.45. The number of hydrogen-bond donors (Lipinski definition) is 1. The molecule has 2 aromatic rings.